The maximum absolute atomic E-state index is 5.18. The van der Waals surface area contributed by atoms with E-state index in [1.165, 1.54) is 0 Å². The number of rotatable bonds is 1. The molecule has 0 amide bonds. The summed E-state index contributed by atoms with van der Waals surface area (Å²) in [4.78, 5) is 9.26. The molecule has 4 heteroatoms. The van der Waals surface area contributed by atoms with E-state index in [2.05, 4.69) is 22.6 Å². The van der Waals surface area contributed by atoms with Gasteiger partial charge in [-0.1, -0.05) is 5.87 Å². The Morgan fingerprint density at radius 2 is 2.58 bits per heavy atom. The van der Waals surface area contributed by atoms with Crippen molar-refractivity contribution in [1.82, 2.24) is 10.5 Å². The van der Waals surface area contributed by atoms with Crippen molar-refractivity contribution in [3.05, 3.63) is 23.9 Å². The van der Waals surface area contributed by atoms with Crippen LogP contribution in [0.25, 0.3) is 0 Å². The van der Waals surface area contributed by atoms with E-state index >= 15 is 0 Å². The molecular formula is C8H10N2OS. The van der Waals surface area contributed by atoms with Crippen molar-refractivity contribution in [2.75, 3.05) is 6.26 Å². The van der Waals surface area contributed by atoms with Crippen LogP contribution in [0.5, 0.6) is 5.88 Å². The summed E-state index contributed by atoms with van der Waals surface area (Å²) in [5.41, 5.74) is 4.02. The molecule has 2 rings (SSSR count). The summed E-state index contributed by atoms with van der Waals surface area (Å²) in [6, 6.07) is 3.93. The highest BCUT2D eigenvalue weighted by atomic mass is 32.2. The Hall–Kier alpha value is -0.870. The van der Waals surface area contributed by atoms with Gasteiger partial charge in [0.2, 0.25) is 5.88 Å². The molecule has 0 saturated carbocycles. The monoisotopic (exact) mass is 182 g/mol. The summed E-state index contributed by atoms with van der Waals surface area (Å²) in [5, 5.41) is 0.202. The van der Waals surface area contributed by atoms with Crippen LogP contribution in [0, 0.1) is 0 Å². The van der Waals surface area contributed by atoms with Crippen LogP contribution in [0.4, 0.5) is 0 Å². The molecule has 64 valence electrons. The van der Waals surface area contributed by atoms with Crippen LogP contribution in [0.1, 0.15) is 10.9 Å². The zero-order valence-electron chi connectivity index (χ0n) is 6.78. The topological polar surface area (TPSA) is 34.1 Å². The van der Waals surface area contributed by atoms with E-state index in [9.17, 15) is 0 Å². The summed E-state index contributed by atoms with van der Waals surface area (Å²) in [7, 11) is 0.0216. The first kappa shape index (κ1) is 7.76. The van der Waals surface area contributed by atoms with Crippen molar-refractivity contribution in [1.29, 1.82) is 0 Å². The number of aromatic nitrogens is 1. The lowest BCUT2D eigenvalue weighted by Crippen LogP contribution is -2.14. The molecule has 2 heterocycles. The van der Waals surface area contributed by atoms with Crippen LogP contribution in [0.3, 0.4) is 0 Å². The van der Waals surface area contributed by atoms with Gasteiger partial charge in [-0.3, -0.25) is 0 Å². The van der Waals surface area contributed by atoms with Crippen LogP contribution >= 0.6 is 10.5 Å². The average molecular weight is 182 g/mol. The first-order valence-corrected chi connectivity index (χ1v) is 5.47. The lowest BCUT2D eigenvalue weighted by atomic mass is 10.3. The molecule has 0 saturated heterocycles. The second-order valence-electron chi connectivity index (χ2n) is 2.69. The number of pyridine rings is 1. The van der Waals surface area contributed by atoms with E-state index in [0.717, 1.165) is 5.56 Å². The molecule has 0 spiro atoms. The molecular weight excluding hydrogens is 172 g/mol. The predicted molar refractivity (Wildman–Crippen MR) is 51.4 cm³/mol. The molecule has 1 N–H and O–H groups in total. The third kappa shape index (κ3) is 1.13. The molecule has 1 aromatic rings. The fourth-order valence-electron chi connectivity index (χ4n) is 1.16. The van der Waals surface area contributed by atoms with Gasteiger partial charge in [-0.15, -0.1) is 5.48 Å². The number of nitrogens with one attached hydrogen (secondary N) is 1. The fraction of sp³-hybridized carbons (Fsp3) is 0.250. The minimum atomic E-state index is 0.0216. The van der Waals surface area contributed by atoms with Gasteiger partial charge >= 0.3 is 0 Å². The Kier molecular flexibility index (Phi) is 1.86. The number of nitrogens with zero attached hydrogens (tertiary/aromatic N) is 1. The van der Waals surface area contributed by atoms with Gasteiger partial charge in [-0.2, -0.15) is 10.5 Å². The molecule has 1 aliphatic heterocycles. The molecule has 3 nitrogen and oxygen atoms in total. The van der Waals surface area contributed by atoms with Crippen LogP contribution in [0.2, 0.25) is 0 Å². The third-order valence-corrected chi connectivity index (χ3v) is 2.90. The maximum atomic E-state index is 5.18. The smallest absolute Gasteiger partial charge is 0.243 e. The van der Waals surface area contributed by atoms with Crippen molar-refractivity contribution in [3.8, 4) is 5.88 Å². The average Bonchev–Trinajstić information content (AvgIpc) is 2.47. The van der Waals surface area contributed by atoms with E-state index in [-0.39, 0.29) is 15.9 Å². The Morgan fingerprint density at radius 3 is 3.33 bits per heavy atom. The fourth-order valence-corrected chi connectivity index (χ4v) is 1.99. The predicted octanol–water partition coefficient (Wildman–Crippen LogP) is 1.31. The second kappa shape index (κ2) is 2.88. The Balaban J connectivity index is 2.42. The van der Waals surface area contributed by atoms with Crippen molar-refractivity contribution in [2.45, 2.75) is 5.37 Å². The minimum absolute atomic E-state index is 0.0216. The zero-order chi connectivity index (χ0) is 8.55. The molecule has 0 fully saturated rings. The highest BCUT2D eigenvalue weighted by Gasteiger charge is 2.24. The van der Waals surface area contributed by atoms with E-state index in [1.807, 2.05) is 12.1 Å². The Morgan fingerprint density at radius 1 is 1.75 bits per heavy atom. The van der Waals surface area contributed by atoms with Crippen LogP contribution in [0.15, 0.2) is 18.3 Å². The number of fused-ring (bicyclic) bond motifs is 1. The van der Waals surface area contributed by atoms with E-state index in [4.69, 9.17) is 4.84 Å². The van der Waals surface area contributed by atoms with Gasteiger partial charge in [0.15, 0.2) is 0 Å². The van der Waals surface area contributed by atoms with E-state index < -0.39 is 0 Å². The zero-order valence-corrected chi connectivity index (χ0v) is 7.60. The molecule has 0 bridgehead atoms. The minimum Gasteiger partial charge on any atom is -0.387 e. The number of hydrogen-bond donors (Lipinski definition) is 1. The summed E-state index contributed by atoms with van der Waals surface area (Å²) >= 11 is 0. The largest absolute Gasteiger partial charge is 0.387 e. The van der Waals surface area contributed by atoms with Gasteiger partial charge in [0.1, 0.15) is 5.37 Å². The summed E-state index contributed by atoms with van der Waals surface area (Å²) in [5.74, 6) is 4.66. The quantitative estimate of drug-likeness (QED) is 0.665. The first-order chi connectivity index (χ1) is 5.79. The highest BCUT2D eigenvalue weighted by molar-refractivity contribution is 8.13. The lowest BCUT2D eigenvalue weighted by molar-refractivity contribution is 0.213. The SMILES string of the molecule is C=S(C)C1NOc2ncccc21. The normalized spacial score (nSPS) is 22.9. The van der Waals surface area contributed by atoms with Crippen LogP contribution < -0.4 is 10.3 Å². The Labute approximate surface area is 73.7 Å². The van der Waals surface area contributed by atoms with Crippen molar-refractivity contribution in [2.24, 2.45) is 0 Å². The van der Waals surface area contributed by atoms with Gasteiger partial charge in [0.05, 0.1) is 0 Å². The molecule has 1 aliphatic rings. The number of hydrogen-bond acceptors (Lipinski definition) is 3. The first-order valence-electron chi connectivity index (χ1n) is 3.61. The maximum Gasteiger partial charge on any atom is 0.243 e. The standard InChI is InChI=1S/C8H10N2OS/c1-12(2)8-6-4-3-5-9-7(6)11-10-8/h3-5,8,10H,1H2,2H3. The molecule has 0 radical (unpaired) electrons. The van der Waals surface area contributed by atoms with Gasteiger partial charge in [0.25, 0.3) is 0 Å². The third-order valence-electron chi connectivity index (χ3n) is 1.75. The highest BCUT2D eigenvalue weighted by Crippen LogP contribution is 2.37. The summed E-state index contributed by atoms with van der Waals surface area (Å²) in [6.45, 7) is 0. The molecule has 2 unspecified atom stereocenters. The van der Waals surface area contributed by atoms with Crippen LogP contribution in [-0.4, -0.2) is 17.1 Å². The molecule has 0 aliphatic carbocycles. The molecule has 12 heavy (non-hydrogen) atoms. The van der Waals surface area contributed by atoms with Crippen molar-refractivity contribution < 1.29 is 4.84 Å². The molecule has 0 aromatic carbocycles. The van der Waals surface area contributed by atoms with Crippen LogP contribution in [-0.2, 0) is 0 Å². The number of hydroxylamine groups is 1. The summed E-state index contributed by atoms with van der Waals surface area (Å²) in [6.07, 6.45) is 3.79. The van der Waals surface area contributed by atoms with Gasteiger partial charge < -0.3 is 4.84 Å². The van der Waals surface area contributed by atoms with Gasteiger partial charge in [0, 0.05) is 11.8 Å². The van der Waals surface area contributed by atoms with E-state index in [0.29, 0.717) is 5.88 Å². The van der Waals surface area contributed by atoms with Crippen molar-refractivity contribution in [3.63, 3.8) is 0 Å². The Bertz CT molecular complexity index is 327. The van der Waals surface area contributed by atoms with Gasteiger partial charge in [-0.05, 0) is 18.4 Å². The van der Waals surface area contributed by atoms with Gasteiger partial charge in [-0.25, -0.2) is 4.98 Å². The molecule has 1 aromatic heterocycles. The van der Waals surface area contributed by atoms with E-state index in [1.54, 1.807) is 6.20 Å². The lowest BCUT2D eigenvalue weighted by Gasteiger charge is -2.08. The summed E-state index contributed by atoms with van der Waals surface area (Å²) < 4.78 is 0. The molecule has 2 atom stereocenters. The second-order valence-corrected chi connectivity index (χ2v) is 4.54. The van der Waals surface area contributed by atoms with Crippen molar-refractivity contribution >= 4 is 16.4 Å².